The van der Waals surface area contributed by atoms with E-state index < -0.39 is 8.88 Å². The van der Waals surface area contributed by atoms with Crippen molar-refractivity contribution < 1.29 is 8.85 Å². The Bertz CT molecular complexity index is 2560. The highest BCUT2D eigenvalue weighted by molar-refractivity contribution is 6.66. The molecule has 10 nitrogen and oxygen atoms in total. The summed E-state index contributed by atoms with van der Waals surface area (Å²) in [6.07, 6.45) is 5.91. The second kappa shape index (κ2) is 12.8. The first-order valence-corrected chi connectivity index (χ1v) is 20.4. The summed E-state index contributed by atoms with van der Waals surface area (Å²) < 4.78 is 19.3. The lowest BCUT2D eigenvalue weighted by atomic mass is 10.1. The molecule has 4 aromatic carbocycles. The molecular formula is C42H38N8O2Si. The third-order valence-electron chi connectivity index (χ3n) is 10.4. The largest absolute Gasteiger partial charge is 0.603 e. The fourth-order valence-corrected chi connectivity index (χ4v) is 11.2. The molecule has 6 bridgehead atoms. The lowest BCUT2D eigenvalue weighted by molar-refractivity contribution is 0.143. The molecule has 4 aliphatic heterocycles. The summed E-state index contributed by atoms with van der Waals surface area (Å²) in [4.78, 5) is 32.2. The van der Waals surface area contributed by atoms with Crippen molar-refractivity contribution in [1.29, 1.82) is 0 Å². The smallest absolute Gasteiger partial charge is 0.361 e. The molecule has 262 valence electrons. The fourth-order valence-electron chi connectivity index (χ4n) is 7.85. The molecule has 0 unspecified atom stereocenters. The number of rotatable bonds is 10. The van der Waals surface area contributed by atoms with Gasteiger partial charge in [-0.05, 0) is 12.8 Å². The van der Waals surface area contributed by atoms with Gasteiger partial charge in [-0.15, -0.1) is 0 Å². The van der Waals surface area contributed by atoms with E-state index in [1.165, 1.54) is 0 Å². The highest BCUT2D eigenvalue weighted by Gasteiger charge is 2.52. The number of hydrogen-bond donors (Lipinski definition) is 0. The highest BCUT2D eigenvalue weighted by atomic mass is 28.4. The molecule has 0 N–H and O–H groups in total. The first kappa shape index (κ1) is 32.1. The number of benzene rings is 4. The summed E-state index contributed by atoms with van der Waals surface area (Å²) in [6.45, 7) is 5.37. The van der Waals surface area contributed by atoms with E-state index in [0.717, 1.165) is 82.3 Å². The van der Waals surface area contributed by atoms with Gasteiger partial charge in [0.15, 0.2) is 23.3 Å². The van der Waals surface area contributed by atoms with Gasteiger partial charge in [-0.25, -0.2) is 30.0 Å². The van der Waals surface area contributed by atoms with Gasteiger partial charge in [-0.2, -0.15) is 0 Å². The average molecular weight is 715 g/mol. The van der Waals surface area contributed by atoms with E-state index in [2.05, 4.69) is 95.1 Å². The van der Waals surface area contributed by atoms with Gasteiger partial charge in [0.1, 0.15) is 22.6 Å². The summed E-state index contributed by atoms with van der Waals surface area (Å²) in [6, 6.07) is 33.0. The van der Waals surface area contributed by atoms with Crippen molar-refractivity contribution in [2.75, 3.05) is 13.2 Å². The number of unbranched alkanes of at least 4 members (excludes halogenated alkanes) is 4. The maximum absolute atomic E-state index is 7.49. The highest BCUT2D eigenvalue weighted by Crippen LogP contribution is 2.43. The zero-order chi connectivity index (χ0) is 35.5. The second-order valence-corrected chi connectivity index (χ2v) is 16.3. The van der Waals surface area contributed by atoms with Crippen molar-refractivity contribution in [1.82, 2.24) is 8.47 Å². The molecule has 0 radical (unpaired) electrons. The van der Waals surface area contributed by atoms with E-state index >= 15 is 0 Å². The Kier molecular flexibility index (Phi) is 7.74. The van der Waals surface area contributed by atoms with E-state index in [9.17, 15) is 0 Å². The first-order chi connectivity index (χ1) is 26.2. The van der Waals surface area contributed by atoms with E-state index in [4.69, 9.17) is 38.8 Å². The number of hydrogen-bond acceptors (Lipinski definition) is 8. The van der Waals surface area contributed by atoms with Gasteiger partial charge in [-0.1, -0.05) is 137 Å². The summed E-state index contributed by atoms with van der Waals surface area (Å²) in [5, 5.41) is 3.71. The molecule has 0 amide bonds. The monoisotopic (exact) mass is 714 g/mol. The quantitative estimate of drug-likeness (QED) is 0.107. The lowest BCUT2D eigenvalue weighted by Crippen LogP contribution is -2.64. The van der Waals surface area contributed by atoms with Gasteiger partial charge in [-0.3, -0.25) is 8.47 Å². The minimum Gasteiger partial charge on any atom is -0.361 e. The third-order valence-corrected chi connectivity index (χ3v) is 13.5. The molecule has 53 heavy (non-hydrogen) atoms. The summed E-state index contributed by atoms with van der Waals surface area (Å²) in [5.41, 5.74) is 5.06. The van der Waals surface area contributed by atoms with Crippen LogP contribution in [0.4, 0.5) is 11.6 Å². The fraction of sp³-hybridized carbons (Fsp3) is 0.238. The Morgan fingerprint density at radius 2 is 0.811 bits per heavy atom. The lowest BCUT2D eigenvalue weighted by Gasteiger charge is -2.33. The average Bonchev–Trinajstić information content (AvgIpc) is 3.91. The Labute approximate surface area is 307 Å². The summed E-state index contributed by atoms with van der Waals surface area (Å²) in [5.74, 6) is 3.73. The van der Waals surface area contributed by atoms with Crippen LogP contribution in [-0.2, 0) is 8.85 Å². The standard InChI is InChI=1S/C42H38N8O2Si/c1-3-5-15-25-51-53(52-26-16-6-4-2)49-39-31-21-11-12-22-32(31)41(49)47-37-29-19-9-10-20-30(29)38(44-37)48-42-34-24-14-13-23-33(34)40(50(42)53)46-36-28-18-8-7-17-27(28)35(43-36)45-39/h7-14,17-24H,3-6,15-16,25-26H2,1-2H3/b45-35-,45-39?,46-36?,46-40-,47-37-,47-41?,48-38?,48-42-. The predicted molar refractivity (Wildman–Crippen MR) is 212 cm³/mol. The topological polar surface area (TPSA) is 102 Å². The Morgan fingerprint density at radius 1 is 0.434 bits per heavy atom. The molecule has 0 spiro atoms. The van der Waals surface area contributed by atoms with E-state index in [-0.39, 0.29) is 0 Å². The van der Waals surface area contributed by atoms with Crippen LogP contribution in [0.3, 0.4) is 0 Å². The summed E-state index contributed by atoms with van der Waals surface area (Å²) >= 11 is 0. The van der Waals surface area contributed by atoms with Crippen LogP contribution in [0.1, 0.15) is 74.6 Å². The number of fused-ring (bicyclic) bond motifs is 14. The van der Waals surface area contributed by atoms with Gasteiger partial charge >= 0.3 is 8.88 Å². The molecule has 6 aromatic rings. The molecule has 2 aromatic heterocycles. The molecule has 0 saturated heterocycles. The van der Waals surface area contributed by atoms with Crippen LogP contribution in [0.2, 0.25) is 0 Å². The van der Waals surface area contributed by atoms with Crippen molar-refractivity contribution in [3.63, 3.8) is 0 Å². The predicted octanol–water partition coefficient (Wildman–Crippen LogP) is 7.79. The SMILES string of the molecule is CCCCCO[Si]1(OCCCCC)n2c3c4ccccc4c2/N=C2N=C(/N=c4/c5ccccc5/c(n41)=N/C1=NC(=N\3)/c3ccccc31)c1ccccc1\2. The van der Waals surface area contributed by atoms with Crippen LogP contribution in [0, 0.1) is 0 Å². The second-order valence-electron chi connectivity index (χ2n) is 13.8. The number of nitrogens with zero attached hydrogens (tertiary/aromatic N) is 8. The number of amidine groups is 4. The Morgan fingerprint density at radius 3 is 1.23 bits per heavy atom. The number of aromatic nitrogens is 2. The van der Waals surface area contributed by atoms with Gasteiger partial charge in [0.2, 0.25) is 0 Å². The van der Waals surface area contributed by atoms with Crippen LogP contribution in [0.15, 0.2) is 127 Å². The van der Waals surface area contributed by atoms with Gasteiger partial charge in [0.25, 0.3) is 0 Å². The van der Waals surface area contributed by atoms with Crippen LogP contribution >= 0.6 is 0 Å². The van der Waals surface area contributed by atoms with E-state index in [1.54, 1.807) is 0 Å². The molecule has 0 aliphatic carbocycles. The van der Waals surface area contributed by atoms with Crippen molar-refractivity contribution in [2.24, 2.45) is 30.0 Å². The van der Waals surface area contributed by atoms with E-state index in [1.807, 2.05) is 24.3 Å². The molecular weight excluding hydrogens is 677 g/mol. The Hall–Kier alpha value is -5.62. The van der Waals surface area contributed by atoms with Crippen molar-refractivity contribution >= 4 is 65.4 Å². The maximum Gasteiger partial charge on any atom is 0.603 e. The molecule has 10 rings (SSSR count). The number of aliphatic imine (C=N–C) groups is 4. The minimum absolute atomic E-state index is 0.476. The van der Waals surface area contributed by atoms with Gasteiger partial charge in [0.05, 0.1) is 0 Å². The normalized spacial score (nSPS) is 19.1. The molecule has 4 aliphatic rings. The first-order valence-electron chi connectivity index (χ1n) is 18.7. The van der Waals surface area contributed by atoms with Crippen LogP contribution in [0.25, 0.3) is 21.5 Å². The molecule has 11 heteroatoms. The minimum atomic E-state index is -3.99. The third kappa shape index (κ3) is 4.91. The van der Waals surface area contributed by atoms with Gasteiger partial charge < -0.3 is 8.85 Å². The van der Waals surface area contributed by atoms with Crippen molar-refractivity contribution in [2.45, 2.75) is 52.4 Å². The van der Waals surface area contributed by atoms with Crippen molar-refractivity contribution in [3.05, 3.63) is 130 Å². The molecule has 0 atom stereocenters. The van der Waals surface area contributed by atoms with Crippen LogP contribution < -0.4 is 11.0 Å². The molecule has 6 heterocycles. The van der Waals surface area contributed by atoms with Gasteiger partial charge in [0, 0.05) is 57.0 Å². The zero-order valence-electron chi connectivity index (χ0n) is 29.8. The molecule has 0 fully saturated rings. The zero-order valence-corrected chi connectivity index (χ0v) is 30.8. The molecule has 0 saturated carbocycles. The Balaban J connectivity index is 1.46. The van der Waals surface area contributed by atoms with Crippen LogP contribution in [0.5, 0.6) is 0 Å². The maximum atomic E-state index is 7.49. The summed E-state index contributed by atoms with van der Waals surface area (Å²) in [7, 11) is -3.99. The van der Waals surface area contributed by atoms with E-state index in [0.29, 0.717) is 59.2 Å². The van der Waals surface area contributed by atoms with Crippen LogP contribution in [-0.4, -0.2) is 53.9 Å². The van der Waals surface area contributed by atoms with Crippen molar-refractivity contribution in [3.8, 4) is 0 Å².